The van der Waals surface area contributed by atoms with E-state index < -0.39 is 14.6 Å². The van der Waals surface area contributed by atoms with Crippen molar-refractivity contribution in [2.24, 2.45) is 0 Å². The van der Waals surface area contributed by atoms with Crippen LogP contribution in [0.15, 0.2) is 0 Å². The largest absolute Gasteiger partial charge is 1.00 e. The molecule has 0 aromatic rings. The molecule has 0 aliphatic rings. The molecule has 0 radical (unpaired) electrons. The van der Waals surface area contributed by atoms with Gasteiger partial charge in [0, 0.05) is 5.60 Å². The first-order valence-electron chi connectivity index (χ1n) is 3.08. The van der Waals surface area contributed by atoms with Crippen molar-refractivity contribution in [1.29, 1.82) is 0 Å². The number of hydrogen-bond donors (Lipinski definition) is 0. The zero-order chi connectivity index (χ0) is 8.41. The van der Waals surface area contributed by atoms with Crippen molar-refractivity contribution in [3.8, 4) is 0 Å². The topological polar surface area (TPSA) is 78.4 Å². The Bertz CT molecular complexity index is 117. The third-order valence-electron chi connectivity index (χ3n) is 1.25. The summed E-state index contributed by atoms with van der Waals surface area (Å²) in [7, 11) is -5.06. The Morgan fingerprint density at radius 1 is 1.08 bits per heavy atom. The van der Waals surface area contributed by atoms with Crippen LogP contribution in [0.1, 0.15) is 27.2 Å². The fourth-order valence-electron chi connectivity index (χ4n) is 0.411. The number of hydrogen-bond acceptors (Lipinski definition) is 4. The van der Waals surface area contributed by atoms with Gasteiger partial charge in [-0.15, -0.1) is 9.05 Å². The summed E-state index contributed by atoms with van der Waals surface area (Å²) >= 11 is 0. The summed E-state index contributed by atoms with van der Waals surface area (Å²) in [6.45, 7) is 4.87. The molecule has 0 unspecified atom stereocenters. The quantitative estimate of drug-likeness (QED) is 0.481. The minimum Gasteiger partial charge on any atom is -0.861 e. The monoisotopic (exact) mass is 280 g/mol. The average Bonchev–Trinajstić information content (AvgIpc) is 1.60. The van der Waals surface area contributed by atoms with E-state index in [0.717, 1.165) is 0 Å². The maximum absolute atomic E-state index is 10.1. The van der Waals surface area contributed by atoms with Gasteiger partial charge in [-0.05, 0) is 20.3 Å². The molecule has 4 nitrogen and oxygen atoms in total. The third-order valence-corrected chi connectivity index (χ3v) is 2.06. The molecule has 0 saturated carbocycles. The first kappa shape index (κ1) is 26.5. The van der Waals surface area contributed by atoms with E-state index in [0.29, 0.717) is 6.42 Å². The SMILES string of the molecule is CCC(C)(C)O[Si]([O-])([O-])[O-].[K+].[K+].[K+]. The van der Waals surface area contributed by atoms with Gasteiger partial charge in [0.2, 0.25) is 0 Å². The second-order valence-electron chi connectivity index (χ2n) is 2.72. The van der Waals surface area contributed by atoms with Gasteiger partial charge in [0.25, 0.3) is 0 Å². The minimum atomic E-state index is -5.06. The van der Waals surface area contributed by atoms with E-state index in [9.17, 15) is 14.4 Å². The summed E-state index contributed by atoms with van der Waals surface area (Å²) in [6, 6.07) is 0. The first-order valence-corrected chi connectivity index (χ1v) is 4.71. The summed E-state index contributed by atoms with van der Waals surface area (Å²) in [4.78, 5) is 30.3. The standard InChI is InChI=1S/C5H11O4Si.3K/c1-4-5(2,3)9-10(6,7)8;;;/h4H2,1-3H3;;;/q-3;3*+1. The van der Waals surface area contributed by atoms with Crippen LogP contribution in [0.5, 0.6) is 0 Å². The normalized spacial score (nSPS) is 10.6. The maximum atomic E-state index is 10.1. The molecular weight excluding hydrogens is 269 g/mol. The summed E-state index contributed by atoms with van der Waals surface area (Å²) in [5, 5.41) is 0. The van der Waals surface area contributed by atoms with E-state index >= 15 is 0 Å². The Balaban J connectivity index is -0.000000135. The molecule has 0 saturated heterocycles. The minimum absolute atomic E-state index is 0. The predicted molar refractivity (Wildman–Crippen MR) is 31.2 cm³/mol. The molecule has 0 atom stereocenters. The van der Waals surface area contributed by atoms with E-state index in [2.05, 4.69) is 4.43 Å². The van der Waals surface area contributed by atoms with E-state index in [4.69, 9.17) is 0 Å². The Morgan fingerprint density at radius 3 is 1.46 bits per heavy atom. The van der Waals surface area contributed by atoms with Gasteiger partial charge in [0.05, 0.1) is 0 Å². The maximum Gasteiger partial charge on any atom is 1.00 e. The van der Waals surface area contributed by atoms with Gasteiger partial charge >= 0.3 is 154 Å². The summed E-state index contributed by atoms with van der Waals surface area (Å²) in [5.74, 6) is 0. The molecule has 62 valence electrons. The zero-order valence-corrected chi connectivity index (χ0v) is 19.7. The first-order chi connectivity index (χ1) is 4.27. The summed E-state index contributed by atoms with van der Waals surface area (Å²) in [6.07, 6.45) is 0.495. The molecule has 0 rings (SSSR count). The van der Waals surface area contributed by atoms with Crippen LogP contribution in [0.4, 0.5) is 0 Å². The van der Waals surface area contributed by atoms with Crippen LogP contribution in [0, 0.1) is 0 Å². The molecule has 0 amide bonds. The predicted octanol–water partition coefficient (Wildman–Crippen LogP) is -11.3. The van der Waals surface area contributed by atoms with E-state index in [1.807, 2.05) is 0 Å². The molecule has 0 bridgehead atoms. The van der Waals surface area contributed by atoms with Crippen LogP contribution >= 0.6 is 0 Å². The van der Waals surface area contributed by atoms with Gasteiger partial charge in [-0.3, -0.25) is 0 Å². The zero-order valence-electron chi connectivity index (χ0n) is 9.34. The van der Waals surface area contributed by atoms with Crippen molar-refractivity contribution < 1.29 is 173 Å². The summed E-state index contributed by atoms with van der Waals surface area (Å²) in [5.41, 5.74) is -0.850. The second kappa shape index (κ2) is 12.0. The molecule has 0 aromatic carbocycles. The fourth-order valence-corrected chi connectivity index (χ4v) is 1.23. The Hall–Kier alpha value is 4.97. The Labute approximate surface area is 208 Å². The second-order valence-corrected chi connectivity index (χ2v) is 3.92. The van der Waals surface area contributed by atoms with Crippen LogP contribution < -0.4 is 169 Å². The molecule has 0 aliphatic carbocycles. The average molecular weight is 281 g/mol. The molecule has 0 spiro atoms. The van der Waals surface area contributed by atoms with Gasteiger partial charge in [-0.2, -0.15) is 0 Å². The molecule has 0 aliphatic heterocycles. The Kier molecular flexibility index (Phi) is 24.5. The van der Waals surface area contributed by atoms with Crippen LogP contribution in [-0.4, -0.2) is 14.6 Å². The van der Waals surface area contributed by atoms with Crippen molar-refractivity contribution in [2.45, 2.75) is 32.8 Å². The van der Waals surface area contributed by atoms with Gasteiger partial charge in [0.15, 0.2) is 0 Å². The smallest absolute Gasteiger partial charge is 0.861 e. The van der Waals surface area contributed by atoms with Gasteiger partial charge < -0.3 is 18.8 Å². The molecule has 0 N–H and O–H groups in total. The van der Waals surface area contributed by atoms with Crippen molar-refractivity contribution in [3.63, 3.8) is 0 Å². The summed E-state index contributed by atoms with van der Waals surface area (Å²) < 4.78 is 4.25. The van der Waals surface area contributed by atoms with Crippen molar-refractivity contribution >= 4 is 9.05 Å². The molecule has 13 heavy (non-hydrogen) atoms. The van der Waals surface area contributed by atoms with Gasteiger partial charge in [0.1, 0.15) is 0 Å². The Morgan fingerprint density at radius 2 is 1.38 bits per heavy atom. The van der Waals surface area contributed by atoms with E-state index in [-0.39, 0.29) is 154 Å². The van der Waals surface area contributed by atoms with Crippen molar-refractivity contribution in [2.75, 3.05) is 0 Å². The molecule has 8 heteroatoms. The molecule has 0 fully saturated rings. The van der Waals surface area contributed by atoms with Crippen molar-refractivity contribution in [1.82, 2.24) is 0 Å². The van der Waals surface area contributed by atoms with Crippen LogP contribution in [0.3, 0.4) is 0 Å². The molecule has 0 heterocycles. The third kappa shape index (κ3) is 19.5. The van der Waals surface area contributed by atoms with Crippen LogP contribution in [-0.2, 0) is 4.43 Å². The van der Waals surface area contributed by atoms with Gasteiger partial charge in [-0.25, -0.2) is 0 Å². The fraction of sp³-hybridized carbons (Fsp3) is 1.00. The van der Waals surface area contributed by atoms with Crippen molar-refractivity contribution in [3.05, 3.63) is 0 Å². The molecular formula is C5H11K3O4Si. The van der Waals surface area contributed by atoms with Crippen LogP contribution in [0.2, 0.25) is 0 Å². The molecule has 0 aromatic heterocycles. The van der Waals surface area contributed by atoms with Crippen LogP contribution in [0.25, 0.3) is 0 Å². The van der Waals surface area contributed by atoms with E-state index in [1.165, 1.54) is 0 Å². The van der Waals surface area contributed by atoms with Gasteiger partial charge in [-0.1, -0.05) is 6.92 Å². The number of rotatable bonds is 3. The van der Waals surface area contributed by atoms with E-state index in [1.54, 1.807) is 20.8 Å².